The molecule has 0 atom stereocenters. The molecule has 0 spiro atoms. The van der Waals surface area contributed by atoms with Crippen molar-refractivity contribution in [2.24, 2.45) is 5.73 Å². The van der Waals surface area contributed by atoms with E-state index in [0.717, 1.165) is 18.5 Å². The van der Waals surface area contributed by atoms with E-state index in [-0.39, 0.29) is 0 Å². The summed E-state index contributed by atoms with van der Waals surface area (Å²) in [5.41, 5.74) is 13.6. The van der Waals surface area contributed by atoms with Gasteiger partial charge in [-0.2, -0.15) is 0 Å². The van der Waals surface area contributed by atoms with E-state index in [9.17, 15) is 0 Å². The molecule has 0 fully saturated rings. The molecule has 0 aliphatic heterocycles. The number of aryl methyl sites for hydroxylation is 2. The lowest BCUT2D eigenvalue weighted by atomic mass is 9.93. The third kappa shape index (κ3) is 1.72. The monoisotopic (exact) mass is 235 g/mol. The highest BCUT2D eigenvalue weighted by molar-refractivity contribution is 5.85. The van der Waals surface area contributed by atoms with Crippen molar-refractivity contribution in [1.29, 1.82) is 0 Å². The normalized spacial score (nSPS) is 13.5. The summed E-state index contributed by atoms with van der Waals surface area (Å²) in [7, 11) is 0. The average Bonchev–Trinajstić information content (AvgIpc) is 2.55. The van der Waals surface area contributed by atoms with E-state index >= 15 is 0 Å². The van der Waals surface area contributed by atoms with Gasteiger partial charge in [-0.1, -0.05) is 48.5 Å². The van der Waals surface area contributed by atoms with Gasteiger partial charge in [0.25, 0.3) is 0 Å². The van der Waals surface area contributed by atoms with Crippen molar-refractivity contribution in [1.82, 2.24) is 0 Å². The van der Waals surface area contributed by atoms with Gasteiger partial charge in [-0.15, -0.1) is 0 Å². The van der Waals surface area contributed by atoms with Crippen molar-refractivity contribution in [2.75, 3.05) is 0 Å². The second kappa shape index (κ2) is 4.34. The van der Waals surface area contributed by atoms with Crippen LogP contribution in [0.2, 0.25) is 0 Å². The third-order valence-corrected chi connectivity index (χ3v) is 3.63. The van der Waals surface area contributed by atoms with Crippen molar-refractivity contribution < 1.29 is 0 Å². The molecule has 18 heavy (non-hydrogen) atoms. The van der Waals surface area contributed by atoms with Crippen LogP contribution in [0, 0.1) is 0 Å². The number of hydrogen-bond donors (Lipinski definition) is 1. The maximum Gasteiger partial charge on any atom is 0.0135 e. The Balaban J connectivity index is 2.32. The van der Waals surface area contributed by atoms with E-state index in [2.05, 4.69) is 48.5 Å². The zero-order valence-corrected chi connectivity index (χ0v) is 10.6. The SMILES string of the molecule is CC(N)=C1c2ccccc2CCc2ccccc21. The maximum atomic E-state index is 6.15. The zero-order chi connectivity index (χ0) is 12.5. The van der Waals surface area contributed by atoms with Crippen LogP contribution in [0.5, 0.6) is 0 Å². The fourth-order valence-electron chi connectivity index (χ4n) is 2.80. The van der Waals surface area contributed by atoms with Gasteiger partial charge in [-0.3, -0.25) is 0 Å². The molecule has 1 heteroatoms. The molecule has 2 aromatic carbocycles. The van der Waals surface area contributed by atoms with Crippen LogP contribution in [0.15, 0.2) is 54.2 Å². The van der Waals surface area contributed by atoms with Gasteiger partial charge in [0.2, 0.25) is 0 Å². The highest BCUT2D eigenvalue weighted by Crippen LogP contribution is 2.34. The molecule has 0 bridgehead atoms. The summed E-state index contributed by atoms with van der Waals surface area (Å²) in [5.74, 6) is 0. The number of rotatable bonds is 0. The van der Waals surface area contributed by atoms with Crippen molar-refractivity contribution in [2.45, 2.75) is 19.8 Å². The minimum Gasteiger partial charge on any atom is -0.402 e. The number of fused-ring (bicyclic) bond motifs is 2. The van der Waals surface area contributed by atoms with E-state index in [4.69, 9.17) is 5.73 Å². The molecule has 0 saturated heterocycles. The van der Waals surface area contributed by atoms with Crippen LogP contribution in [0.3, 0.4) is 0 Å². The summed E-state index contributed by atoms with van der Waals surface area (Å²) in [6.45, 7) is 1.99. The number of allylic oxidation sites excluding steroid dienone is 1. The molecule has 0 aromatic heterocycles. The summed E-state index contributed by atoms with van der Waals surface area (Å²) < 4.78 is 0. The van der Waals surface area contributed by atoms with Crippen molar-refractivity contribution in [3.8, 4) is 0 Å². The minimum absolute atomic E-state index is 0.900. The molecule has 0 saturated carbocycles. The average molecular weight is 235 g/mol. The van der Waals surface area contributed by atoms with E-state index < -0.39 is 0 Å². The summed E-state index contributed by atoms with van der Waals surface area (Å²) in [5, 5.41) is 0. The highest BCUT2D eigenvalue weighted by atomic mass is 14.6. The standard InChI is InChI=1S/C17H17N/c1-12(18)17-15-8-4-2-6-13(15)10-11-14-7-3-5-9-16(14)17/h2-9H,10-11,18H2,1H3. The predicted molar refractivity (Wildman–Crippen MR) is 76.2 cm³/mol. The fourth-order valence-corrected chi connectivity index (χ4v) is 2.80. The molecule has 2 N–H and O–H groups in total. The molecular weight excluding hydrogens is 218 g/mol. The Morgan fingerprint density at radius 3 is 1.72 bits per heavy atom. The lowest BCUT2D eigenvalue weighted by Crippen LogP contribution is -2.01. The van der Waals surface area contributed by atoms with Gasteiger partial charge >= 0.3 is 0 Å². The lowest BCUT2D eigenvalue weighted by molar-refractivity contribution is 0.965. The first-order valence-electron chi connectivity index (χ1n) is 6.40. The number of hydrogen-bond acceptors (Lipinski definition) is 1. The van der Waals surface area contributed by atoms with Crippen LogP contribution in [0.4, 0.5) is 0 Å². The summed E-state index contributed by atoms with van der Waals surface area (Å²) >= 11 is 0. The Morgan fingerprint density at radius 2 is 1.28 bits per heavy atom. The summed E-state index contributed by atoms with van der Waals surface area (Å²) in [6.07, 6.45) is 2.17. The first kappa shape index (κ1) is 11.1. The van der Waals surface area contributed by atoms with Gasteiger partial charge < -0.3 is 5.73 Å². The van der Waals surface area contributed by atoms with Crippen molar-refractivity contribution in [3.05, 3.63) is 76.5 Å². The molecule has 0 unspecified atom stereocenters. The fraction of sp³-hybridized carbons (Fsp3) is 0.176. The molecule has 2 aromatic rings. The van der Waals surface area contributed by atoms with Gasteiger partial charge in [-0.05, 0) is 42.0 Å². The second-order valence-electron chi connectivity index (χ2n) is 4.87. The first-order chi connectivity index (χ1) is 8.77. The molecule has 3 rings (SSSR count). The smallest absolute Gasteiger partial charge is 0.0135 e. The summed E-state index contributed by atoms with van der Waals surface area (Å²) in [6, 6.07) is 17.2. The highest BCUT2D eigenvalue weighted by Gasteiger charge is 2.18. The largest absolute Gasteiger partial charge is 0.402 e. The number of benzene rings is 2. The third-order valence-electron chi connectivity index (χ3n) is 3.63. The Morgan fingerprint density at radius 1 is 0.833 bits per heavy atom. The lowest BCUT2D eigenvalue weighted by Gasteiger charge is -2.13. The molecule has 1 aliphatic rings. The van der Waals surface area contributed by atoms with Gasteiger partial charge in [0.15, 0.2) is 0 Å². The zero-order valence-electron chi connectivity index (χ0n) is 10.6. The minimum atomic E-state index is 0.900. The molecule has 1 aliphatic carbocycles. The van der Waals surface area contributed by atoms with Gasteiger partial charge in [0.1, 0.15) is 0 Å². The van der Waals surface area contributed by atoms with Gasteiger partial charge in [0.05, 0.1) is 0 Å². The summed E-state index contributed by atoms with van der Waals surface area (Å²) in [4.78, 5) is 0. The van der Waals surface area contributed by atoms with Crippen molar-refractivity contribution in [3.63, 3.8) is 0 Å². The second-order valence-corrected chi connectivity index (χ2v) is 4.87. The Bertz CT molecular complexity index is 570. The van der Waals surface area contributed by atoms with E-state index in [1.807, 2.05) is 6.92 Å². The Labute approximate surface area is 108 Å². The van der Waals surface area contributed by atoms with Crippen LogP contribution in [0.25, 0.3) is 5.57 Å². The molecule has 1 nitrogen and oxygen atoms in total. The Hall–Kier alpha value is -2.02. The first-order valence-corrected chi connectivity index (χ1v) is 6.40. The van der Waals surface area contributed by atoms with Crippen LogP contribution in [0.1, 0.15) is 29.2 Å². The molecule has 90 valence electrons. The van der Waals surface area contributed by atoms with Crippen molar-refractivity contribution >= 4 is 5.57 Å². The van der Waals surface area contributed by atoms with Crippen LogP contribution < -0.4 is 5.73 Å². The Kier molecular flexibility index (Phi) is 2.67. The molecular formula is C17H17N. The topological polar surface area (TPSA) is 26.0 Å². The molecule has 0 amide bonds. The van der Waals surface area contributed by atoms with Gasteiger partial charge in [0, 0.05) is 11.3 Å². The maximum absolute atomic E-state index is 6.15. The van der Waals surface area contributed by atoms with E-state index in [0.29, 0.717) is 0 Å². The predicted octanol–water partition coefficient (Wildman–Crippen LogP) is 3.52. The van der Waals surface area contributed by atoms with Crippen LogP contribution in [-0.4, -0.2) is 0 Å². The molecule has 0 radical (unpaired) electrons. The van der Waals surface area contributed by atoms with Crippen LogP contribution >= 0.6 is 0 Å². The quantitative estimate of drug-likeness (QED) is 0.742. The van der Waals surface area contributed by atoms with Crippen LogP contribution in [-0.2, 0) is 12.8 Å². The number of nitrogens with two attached hydrogens (primary N) is 1. The molecule has 0 heterocycles. The van der Waals surface area contributed by atoms with E-state index in [1.165, 1.54) is 27.8 Å². The van der Waals surface area contributed by atoms with E-state index in [1.54, 1.807) is 0 Å². The van der Waals surface area contributed by atoms with Gasteiger partial charge in [-0.25, -0.2) is 0 Å².